The Morgan fingerprint density at radius 2 is 1.96 bits per heavy atom. The van der Waals surface area contributed by atoms with Gasteiger partial charge in [0.05, 0.1) is 4.90 Å². The first-order valence-corrected chi connectivity index (χ1v) is 10.2. The van der Waals surface area contributed by atoms with Gasteiger partial charge >= 0.3 is 0 Å². The predicted molar refractivity (Wildman–Crippen MR) is 103 cm³/mol. The van der Waals surface area contributed by atoms with Crippen molar-refractivity contribution in [1.29, 1.82) is 0 Å². The Bertz CT molecular complexity index is 689. The highest BCUT2D eigenvalue weighted by molar-refractivity contribution is 7.89. The van der Waals surface area contributed by atoms with E-state index in [1.807, 2.05) is 6.07 Å². The van der Waals surface area contributed by atoms with E-state index >= 15 is 0 Å². The van der Waals surface area contributed by atoms with Crippen LogP contribution in [0.5, 0.6) is 0 Å². The monoisotopic (exact) mass is 369 g/mol. The van der Waals surface area contributed by atoms with Gasteiger partial charge in [-0.3, -0.25) is 0 Å². The summed E-state index contributed by atoms with van der Waals surface area (Å²) in [5, 5.41) is 7.04. The molecule has 0 amide bonds. The third-order valence-corrected chi connectivity index (χ3v) is 6.92. The number of sulfonamides is 1. The first-order chi connectivity index (χ1) is 11.2. The van der Waals surface area contributed by atoms with Crippen molar-refractivity contribution < 1.29 is 8.42 Å². The molecule has 0 aliphatic heterocycles. The topological polar surface area (TPSA) is 61.4 Å². The summed E-state index contributed by atoms with van der Waals surface area (Å²) < 4.78 is 25.6. The van der Waals surface area contributed by atoms with E-state index in [0.717, 1.165) is 6.42 Å². The lowest BCUT2D eigenvalue weighted by atomic mass is 9.78. The van der Waals surface area contributed by atoms with Gasteiger partial charge in [-0.15, -0.1) is 0 Å². The standard InChI is InChI=1S/C17H27N3O2S2/c1-12-7-5-10-16(13(12)2)19-17(23)18-14-8-6-9-15(11-14)24(21,22)20(3)4/h6,8-9,11-13,16H,5,7,10H2,1-4H3,(H2,18,19,23)/t12-,13+,16+/m0/s1. The Morgan fingerprint density at radius 3 is 2.62 bits per heavy atom. The Kier molecular flexibility index (Phi) is 6.22. The van der Waals surface area contributed by atoms with E-state index in [-0.39, 0.29) is 4.90 Å². The fourth-order valence-electron chi connectivity index (χ4n) is 3.07. The maximum Gasteiger partial charge on any atom is 0.242 e. The summed E-state index contributed by atoms with van der Waals surface area (Å²) in [4.78, 5) is 0.250. The summed E-state index contributed by atoms with van der Waals surface area (Å²) in [6, 6.07) is 7.09. The largest absolute Gasteiger partial charge is 0.359 e. The molecule has 2 N–H and O–H groups in total. The van der Waals surface area contributed by atoms with Gasteiger partial charge in [-0.05, 0) is 48.7 Å². The van der Waals surface area contributed by atoms with Crippen LogP contribution in [-0.4, -0.2) is 38.0 Å². The molecule has 0 bridgehead atoms. The summed E-state index contributed by atoms with van der Waals surface area (Å²) >= 11 is 5.41. The number of nitrogens with one attached hydrogen (secondary N) is 2. The summed E-state index contributed by atoms with van der Waals surface area (Å²) in [6.07, 6.45) is 3.59. The highest BCUT2D eigenvalue weighted by Crippen LogP contribution is 2.29. The molecule has 0 unspecified atom stereocenters. The lowest BCUT2D eigenvalue weighted by Gasteiger charge is -2.35. The van der Waals surface area contributed by atoms with Crippen molar-refractivity contribution in [3.63, 3.8) is 0 Å². The molecule has 1 aliphatic rings. The van der Waals surface area contributed by atoms with Gasteiger partial charge in [-0.25, -0.2) is 12.7 Å². The van der Waals surface area contributed by atoms with Crippen LogP contribution in [0.4, 0.5) is 5.69 Å². The van der Waals surface area contributed by atoms with Crippen LogP contribution in [0.15, 0.2) is 29.2 Å². The number of benzene rings is 1. The average Bonchev–Trinajstić information content (AvgIpc) is 2.52. The maximum absolute atomic E-state index is 12.2. The minimum Gasteiger partial charge on any atom is -0.359 e. The van der Waals surface area contributed by atoms with Crippen LogP contribution in [0.25, 0.3) is 0 Å². The average molecular weight is 370 g/mol. The molecule has 1 aromatic rings. The quantitative estimate of drug-likeness (QED) is 0.799. The maximum atomic E-state index is 12.2. The Hall–Kier alpha value is -1.18. The van der Waals surface area contributed by atoms with Crippen molar-refractivity contribution in [2.45, 2.75) is 44.0 Å². The van der Waals surface area contributed by atoms with Crippen LogP contribution in [0.1, 0.15) is 33.1 Å². The van der Waals surface area contributed by atoms with E-state index in [9.17, 15) is 8.42 Å². The molecule has 5 nitrogen and oxygen atoms in total. The van der Waals surface area contributed by atoms with E-state index in [4.69, 9.17) is 12.2 Å². The smallest absolute Gasteiger partial charge is 0.242 e. The summed E-state index contributed by atoms with van der Waals surface area (Å²) in [5.41, 5.74) is 0.673. The van der Waals surface area contributed by atoms with Gasteiger partial charge in [0, 0.05) is 25.8 Å². The number of nitrogens with zero attached hydrogens (tertiary/aromatic N) is 1. The molecule has 1 aliphatic carbocycles. The molecule has 0 aromatic heterocycles. The van der Waals surface area contributed by atoms with Crippen LogP contribution in [-0.2, 0) is 10.0 Å². The minimum atomic E-state index is -3.45. The molecule has 0 spiro atoms. The molecule has 0 heterocycles. The van der Waals surface area contributed by atoms with E-state index in [0.29, 0.717) is 28.7 Å². The van der Waals surface area contributed by atoms with Crippen molar-refractivity contribution in [1.82, 2.24) is 9.62 Å². The fourth-order valence-corrected chi connectivity index (χ4v) is 4.28. The van der Waals surface area contributed by atoms with Gasteiger partial charge in [-0.2, -0.15) is 0 Å². The number of thiocarbonyl (C=S) groups is 1. The number of hydrogen-bond donors (Lipinski definition) is 2. The molecule has 3 atom stereocenters. The van der Waals surface area contributed by atoms with Crippen LogP contribution in [0.2, 0.25) is 0 Å². The number of rotatable bonds is 4. The van der Waals surface area contributed by atoms with Crippen molar-refractivity contribution in [2.24, 2.45) is 11.8 Å². The van der Waals surface area contributed by atoms with Gasteiger partial charge in [0.2, 0.25) is 10.0 Å². The van der Waals surface area contributed by atoms with Gasteiger partial charge in [0.25, 0.3) is 0 Å². The summed E-state index contributed by atoms with van der Waals surface area (Å²) in [5.74, 6) is 1.26. The van der Waals surface area contributed by atoms with E-state index in [1.165, 1.54) is 31.2 Å². The molecule has 0 radical (unpaired) electrons. The third-order valence-electron chi connectivity index (χ3n) is 4.89. The van der Waals surface area contributed by atoms with Crippen molar-refractivity contribution in [3.8, 4) is 0 Å². The molecular formula is C17H27N3O2S2. The van der Waals surface area contributed by atoms with Gasteiger partial charge in [-0.1, -0.05) is 32.8 Å². The zero-order valence-electron chi connectivity index (χ0n) is 14.7. The lowest BCUT2D eigenvalue weighted by Crippen LogP contribution is -2.45. The number of anilines is 1. The zero-order valence-corrected chi connectivity index (χ0v) is 16.4. The van der Waals surface area contributed by atoms with Gasteiger partial charge in [0.15, 0.2) is 5.11 Å². The minimum absolute atomic E-state index is 0.250. The zero-order chi connectivity index (χ0) is 17.9. The molecule has 0 saturated heterocycles. The molecule has 1 saturated carbocycles. The highest BCUT2D eigenvalue weighted by atomic mass is 32.2. The SMILES string of the molecule is C[C@@H]1[C@@H](C)CCC[C@H]1NC(=S)Nc1cccc(S(=O)(=O)N(C)C)c1. The Morgan fingerprint density at radius 1 is 1.25 bits per heavy atom. The first kappa shape index (κ1) is 19.1. The van der Waals surface area contributed by atoms with Crippen molar-refractivity contribution >= 4 is 33.0 Å². The molecule has 2 rings (SSSR count). The second-order valence-corrected chi connectivity index (χ2v) is 9.35. The second kappa shape index (κ2) is 7.80. The molecule has 134 valence electrons. The van der Waals surface area contributed by atoms with Gasteiger partial charge in [0.1, 0.15) is 0 Å². The van der Waals surface area contributed by atoms with E-state index < -0.39 is 10.0 Å². The highest BCUT2D eigenvalue weighted by Gasteiger charge is 2.27. The second-order valence-electron chi connectivity index (χ2n) is 6.79. The molecule has 1 aromatic carbocycles. The third kappa shape index (κ3) is 4.46. The van der Waals surface area contributed by atoms with E-state index in [1.54, 1.807) is 18.2 Å². The van der Waals surface area contributed by atoms with Crippen molar-refractivity contribution in [2.75, 3.05) is 19.4 Å². The van der Waals surface area contributed by atoms with Crippen LogP contribution in [0.3, 0.4) is 0 Å². The molecule has 7 heteroatoms. The van der Waals surface area contributed by atoms with Crippen LogP contribution in [0, 0.1) is 11.8 Å². The molecule has 1 fully saturated rings. The van der Waals surface area contributed by atoms with Crippen LogP contribution < -0.4 is 10.6 Å². The lowest BCUT2D eigenvalue weighted by molar-refractivity contribution is 0.225. The number of hydrogen-bond acceptors (Lipinski definition) is 3. The predicted octanol–water partition coefficient (Wildman–Crippen LogP) is 3.05. The van der Waals surface area contributed by atoms with Crippen molar-refractivity contribution in [3.05, 3.63) is 24.3 Å². The normalized spacial score (nSPS) is 24.6. The summed E-state index contributed by atoms with van der Waals surface area (Å²) in [6.45, 7) is 4.54. The van der Waals surface area contributed by atoms with E-state index in [2.05, 4.69) is 24.5 Å². The fraction of sp³-hybridized carbons (Fsp3) is 0.588. The Balaban J connectivity index is 2.05. The first-order valence-electron chi connectivity index (χ1n) is 8.32. The summed E-state index contributed by atoms with van der Waals surface area (Å²) in [7, 11) is -0.407. The molecule has 24 heavy (non-hydrogen) atoms. The Labute approximate surface area is 150 Å². The molecular weight excluding hydrogens is 342 g/mol. The van der Waals surface area contributed by atoms with Gasteiger partial charge < -0.3 is 10.6 Å². The van der Waals surface area contributed by atoms with Crippen LogP contribution >= 0.6 is 12.2 Å².